The first-order chi connectivity index (χ1) is 22.9. The topological polar surface area (TPSA) is 339 Å². The van der Waals surface area contributed by atoms with E-state index in [1.807, 2.05) is 0 Å². The van der Waals surface area contributed by atoms with Gasteiger partial charge in [-0.25, -0.2) is 30.0 Å². The number of anilines is 4. The Balaban J connectivity index is 0.00000451. The number of carbonyl (C=O) groups excluding carboxylic acids is 1. The summed E-state index contributed by atoms with van der Waals surface area (Å²) in [4.78, 5) is 20.9. The number of hydrogen-bond acceptors (Lipinski definition) is 19. The summed E-state index contributed by atoms with van der Waals surface area (Å²) in [5.41, 5.74) is 4.68. The van der Waals surface area contributed by atoms with Crippen molar-refractivity contribution in [1.82, 2.24) is 15.0 Å². The minimum Gasteiger partial charge on any atom is -0.748 e. The van der Waals surface area contributed by atoms with E-state index in [2.05, 4.69) is 51.4 Å². The zero-order chi connectivity index (χ0) is 36.0. The van der Waals surface area contributed by atoms with Crippen molar-refractivity contribution in [2.45, 2.75) is 9.79 Å². The van der Waals surface area contributed by atoms with Gasteiger partial charge in [-0.2, -0.15) is 29.6 Å². The van der Waals surface area contributed by atoms with E-state index in [9.17, 15) is 48.1 Å². The van der Waals surface area contributed by atoms with Crippen molar-refractivity contribution >= 4 is 82.4 Å². The van der Waals surface area contributed by atoms with Gasteiger partial charge in [0, 0.05) is 12.2 Å². The predicted molar refractivity (Wildman–Crippen MR) is 163 cm³/mol. The van der Waals surface area contributed by atoms with Crippen LogP contribution in [0.3, 0.4) is 0 Å². The van der Waals surface area contributed by atoms with Gasteiger partial charge in [-0.1, -0.05) is 0 Å². The number of carbonyl (C=O) groups is 1. The number of nitrogens with two attached hydrogens (primary N) is 1. The third-order valence-corrected chi connectivity index (χ3v) is 8.06. The second-order valence-corrected chi connectivity index (χ2v) is 13.5. The molecule has 0 atom stereocenters. The smallest absolute Gasteiger partial charge is 0.748 e. The molecule has 0 aliphatic carbocycles. The summed E-state index contributed by atoms with van der Waals surface area (Å²) in [6.07, 6.45) is -1.27. The molecule has 0 unspecified atom stereocenters. The standard InChI is InChI=1S/C24H22FN11O10S3.3Na/c25-21-30-23(27-9-10-47(38,39)40)32-24(31-21)28-14-3-7-17(19(11-14)29-22(26)37)35-36-18-8-4-15(12-20(18)49(44,45)46)34-33-13-1-5-16(6-2-13)48(41,42)43;;;/h1-8,11-12H,9-10H2,(H3,26,29,37)(H,38,39,40)(H,41,42,43)(H,44,45,46)(H2,27,28,30,31,32);;;/q;3*+1/p-3. The van der Waals surface area contributed by atoms with Gasteiger partial charge in [-0.15, -0.1) is 10.2 Å². The largest absolute Gasteiger partial charge is 1.00 e. The Morgan fingerprint density at radius 2 is 1.31 bits per heavy atom. The van der Waals surface area contributed by atoms with Crippen molar-refractivity contribution in [3.05, 3.63) is 66.7 Å². The van der Waals surface area contributed by atoms with E-state index < -0.39 is 76.2 Å². The molecular weight excluding hydrogens is 787 g/mol. The van der Waals surface area contributed by atoms with E-state index in [0.717, 1.165) is 24.3 Å². The molecule has 0 fully saturated rings. The maximum atomic E-state index is 14.0. The third-order valence-electron chi connectivity index (χ3n) is 5.64. The molecule has 0 bridgehead atoms. The molecule has 0 saturated carbocycles. The van der Waals surface area contributed by atoms with Crippen LogP contribution in [0.25, 0.3) is 0 Å². The molecule has 3 aromatic carbocycles. The maximum Gasteiger partial charge on any atom is 1.00 e. The Hall–Kier alpha value is -2.60. The summed E-state index contributed by atoms with van der Waals surface area (Å²) < 4.78 is 116. The van der Waals surface area contributed by atoms with Crippen molar-refractivity contribution in [2.24, 2.45) is 26.2 Å². The zero-order valence-electron chi connectivity index (χ0n) is 27.1. The Labute approximate surface area is 361 Å². The molecule has 1 aromatic heterocycles. The van der Waals surface area contributed by atoms with Crippen molar-refractivity contribution < 1.29 is 137 Å². The molecule has 0 aliphatic heterocycles. The predicted octanol–water partition coefficient (Wildman–Crippen LogP) is -6.15. The van der Waals surface area contributed by atoms with Gasteiger partial charge in [0.15, 0.2) is 0 Å². The molecular formula is C24H19FN11Na3O10S3. The van der Waals surface area contributed by atoms with Crippen LogP contribution in [-0.2, 0) is 30.4 Å². The second kappa shape index (κ2) is 20.2. The van der Waals surface area contributed by atoms with E-state index in [4.69, 9.17) is 5.73 Å². The quantitative estimate of drug-likeness (QED) is 0.0555. The molecule has 258 valence electrons. The van der Waals surface area contributed by atoms with Crippen molar-refractivity contribution in [2.75, 3.05) is 28.2 Å². The molecule has 28 heteroatoms. The number of hydrogen-bond donors (Lipinski definition) is 4. The number of primary amides is 1. The molecule has 0 spiro atoms. The molecule has 0 radical (unpaired) electrons. The van der Waals surface area contributed by atoms with Gasteiger partial charge in [0.05, 0.1) is 42.7 Å². The monoisotopic (exact) mass is 805 g/mol. The Morgan fingerprint density at radius 3 is 1.90 bits per heavy atom. The van der Waals surface area contributed by atoms with Crippen LogP contribution in [0.5, 0.6) is 0 Å². The third kappa shape index (κ3) is 15.0. The normalized spacial score (nSPS) is 11.6. The molecule has 52 heavy (non-hydrogen) atoms. The average molecular weight is 806 g/mol. The van der Waals surface area contributed by atoms with Crippen LogP contribution < -0.4 is 110 Å². The van der Waals surface area contributed by atoms with E-state index in [1.165, 1.54) is 36.4 Å². The maximum absolute atomic E-state index is 14.0. The molecule has 21 nitrogen and oxygen atoms in total. The second-order valence-electron chi connectivity index (χ2n) is 9.24. The van der Waals surface area contributed by atoms with E-state index >= 15 is 0 Å². The van der Waals surface area contributed by atoms with Gasteiger partial charge in [-0.05, 0) is 60.7 Å². The van der Waals surface area contributed by atoms with Crippen LogP contribution in [0, 0.1) is 6.08 Å². The van der Waals surface area contributed by atoms with Crippen molar-refractivity contribution in [3.8, 4) is 0 Å². The number of halogens is 1. The minimum absolute atomic E-state index is 0. The number of amides is 2. The van der Waals surface area contributed by atoms with Crippen LogP contribution in [0.2, 0.25) is 0 Å². The zero-order valence-corrected chi connectivity index (χ0v) is 35.5. The van der Waals surface area contributed by atoms with Gasteiger partial charge in [-0.3, -0.25) is 0 Å². The summed E-state index contributed by atoms with van der Waals surface area (Å²) in [5, 5.41) is 22.5. The molecule has 2 amide bonds. The van der Waals surface area contributed by atoms with E-state index in [-0.39, 0.29) is 123 Å². The minimum atomic E-state index is -5.16. The Kier molecular flexibility index (Phi) is 18.4. The van der Waals surface area contributed by atoms with Gasteiger partial charge in [0.1, 0.15) is 31.6 Å². The first-order valence-corrected chi connectivity index (χ1v) is 17.3. The van der Waals surface area contributed by atoms with Crippen LogP contribution >= 0.6 is 0 Å². The van der Waals surface area contributed by atoms with Gasteiger partial charge in [0.25, 0.3) is 0 Å². The molecule has 1 heterocycles. The first-order valence-electron chi connectivity index (χ1n) is 12.9. The van der Waals surface area contributed by atoms with Gasteiger partial charge >= 0.3 is 101 Å². The van der Waals surface area contributed by atoms with Crippen molar-refractivity contribution in [1.29, 1.82) is 0 Å². The molecule has 5 N–H and O–H groups in total. The van der Waals surface area contributed by atoms with Crippen LogP contribution in [0.4, 0.5) is 55.2 Å². The number of aromatic nitrogens is 3. The fraction of sp³-hybridized carbons (Fsp3) is 0.0833. The average Bonchev–Trinajstić information content (AvgIpc) is 2.98. The summed E-state index contributed by atoms with van der Waals surface area (Å²) in [6, 6.07) is 10.3. The fourth-order valence-corrected chi connectivity index (χ4v) is 5.04. The number of benzene rings is 3. The summed E-state index contributed by atoms with van der Waals surface area (Å²) in [6.45, 7) is -0.419. The fourth-order valence-electron chi connectivity index (χ4n) is 3.59. The van der Waals surface area contributed by atoms with Crippen molar-refractivity contribution in [3.63, 3.8) is 0 Å². The number of nitrogens with zero attached hydrogens (tertiary/aromatic N) is 7. The number of nitrogens with one attached hydrogen (secondary N) is 3. The molecule has 0 aliphatic rings. The van der Waals surface area contributed by atoms with Gasteiger partial charge in [0.2, 0.25) is 11.9 Å². The van der Waals surface area contributed by atoms with E-state index in [1.54, 1.807) is 0 Å². The molecule has 0 saturated heterocycles. The number of urea groups is 1. The van der Waals surface area contributed by atoms with E-state index in [0.29, 0.717) is 0 Å². The molecule has 4 aromatic rings. The Bertz CT molecular complexity index is 2310. The Morgan fingerprint density at radius 1 is 0.731 bits per heavy atom. The summed E-state index contributed by atoms with van der Waals surface area (Å²) >= 11 is 0. The van der Waals surface area contributed by atoms with Crippen LogP contribution in [-0.4, -0.2) is 72.2 Å². The number of azo groups is 2. The number of rotatable bonds is 13. The first kappa shape index (κ1) is 47.4. The SMILES string of the molecule is NC(=O)Nc1cc(Nc2nc(F)nc(NCCS(=O)(=O)[O-])n2)ccc1N=Nc1ccc(N=Nc2ccc(S(=O)(=O)[O-])cc2)cc1S(=O)(=O)[O-].[Na+].[Na+].[Na+]. The van der Waals surface area contributed by atoms with Gasteiger partial charge < -0.3 is 35.3 Å². The van der Waals surface area contributed by atoms with Crippen LogP contribution in [0.15, 0.2) is 90.9 Å². The summed E-state index contributed by atoms with van der Waals surface area (Å²) in [7, 11) is -14.4. The summed E-state index contributed by atoms with van der Waals surface area (Å²) in [5.74, 6) is -1.60. The van der Waals surface area contributed by atoms with Crippen LogP contribution in [0.1, 0.15) is 0 Å². The molecule has 4 rings (SSSR count).